The number of allylic oxidation sites excluding steroid dienone is 2. The van der Waals surface area contributed by atoms with Gasteiger partial charge in [0.1, 0.15) is 0 Å². The summed E-state index contributed by atoms with van der Waals surface area (Å²) in [6.07, 6.45) is 7.80. The van der Waals surface area contributed by atoms with Crippen LogP contribution in [0, 0.1) is 5.92 Å². The van der Waals surface area contributed by atoms with Gasteiger partial charge < -0.3 is 9.64 Å². The summed E-state index contributed by atoms with van der Waals surface area (Å²) in [7, 11) is 1.38. The van der Waals surface area contributed by atoms with Gasteiger partial charge in [0.25, 0.3) is 0 Å². The van der Waals surface area contributed by atoms with Crippen LogP contribution in [0.15, 0.2) is 30.4 Å². The molecule has 21 heavy (non-hydrogen) atoms. The van der Waals surface area contributed by atoms with E-state index in [-0.39, 0.29) is 17.8 Å². The Balaban J connectivity index is 1.82. The van der Waals surface area contributed by atoms with E-state index in [1.807, 2.05) is 17.0 Å². The van der Waals surface area contributed by atoms with Gasteiger partial charge in [-0.05, 0) is 49.4 Å². The second-order valence-corrected chi connectivity index (χ2v) is 5.56. The number of carbonyl (C=O) groups is 2. The van der Waals surface area contributed by atoms with Crippen molar-refractivity contribution < 1.29 is 14.3 Å². The molecule has 0 radical (unpaired) electrons. The average molecular weight is 285 g/mol. The van der Waals surface area contributed by atoms with E-state index in [1.165, 1.54) is 7.11 Å². The zero-order valence-electron chi connectivity index (χ0n) is 12.2. The first-order valence-electron chi connectivity index (χ1n) is 7.38. The number of benzene rings is 1. The molecule has 1 aliphatic heterocycles. The van der Waals surface area contributed by atoms with Crippen LogP contribution in [0.5, 0.6) is 0 Å². The topological polar surface area (TPSA) is 46.6 Å². The number of fused-ring (bicyclic) bond motifs is 1. The Morgan fingerprint density at radius 2 is 2.14 bits per heavy atom. The number of anilines is 1. The van der Waals surface area contributed by atoms with E-state index in [4.69, 9.17) is 4.74 Å². The van der Waals surface area contributed by atoms with Gasteiger partial charge in [-0.2, -0.15) is 0 Å². The number of ether oxygens (including phenoxy) is 1. The van der Waals surface area contributed by atoms with E-state index >= 15 is 0 Å². The molecular weight excluding hydrogens is 266 g/mol. The molecular formula is C17H19NO3. The van der Waals surface area contributed by atoms with E-state index in [0.29, 0.717) is 12.1 Å². The van der Waals surface area contributed by atoms with Crippen LogP contribution in [0.3, 0.4) is 0 Å². The predicted molar refractivity (Wildman–Crippen MR) is 80.3 cm³/mol. The maximum absolute atomic E-state index is 12.6. The molecule has 4 heteroatoms. The molecule has 0 bridgehead atoms. The van der Waals surface area contributed by atoms with Crippen LogP contribution in [0.25, 0.3) is 0 Å². The van der Waals surface area contributed by atoms with E-state index < -0.39 is 0 Å². The second-order valence-electron chi connectivity index (χ2n) is 5.56. The smallest absolute Gasteiger partial charge is 0.337 e. The molecule has 1 amide bonds. The quantitative estimate of drug-likeness (QED) is 0.620. The molecule has 1 unspecified atom stereocenters. The Kier molecular flexibility index (Phi) is 3.78. The molecule has 0 spiro atoms. The third-order valence-electron chi connectivity index (χ3n) is 4.28. The monoisotopic (exact) mass is 285 g/mol. The molecule has 1 aromatic carbocycles. The lowest BCUT2D eigenvalue weighted by molar-refractivity contribution is -0.122. The lowest BCUT2D eigenvalue weighted by Gasteiger charge is -2.24. The van der Waals surface area contributed by atoms with Crippen LogP contribution in [-0.4, -0.2) is 25.5 Å². The number of nitrogens with zero attached hydrogens (tertiary/aromatic N) is 1. The number of esters is 1. The third-order valence-corrected chi connectivity index (χ3v) is 4.28. The fourth-order valence-electron chi connectivity index (χ4n) is 3.11. The largest absolute Gasteiger partial charge is 0.465 e. The van der Waals surface area contributed by atoms with Crippen LogP contribution in [0.1, 0.15) is 35.2 Å². The fraction of sp³-hybridized carbons (Fsp3) is 0.412. The molecule has 0 saturated carbocycles. The molecule has 0 saturated heterocycles. The summed E-state index contributed by atoms with van der Waals surface area (Å²) in [5.41, 5.74) is 2.55. The molecule has 1 atom stereocenters. The van der Waals surface area contributed by atoms with Gasteiger partial charge in [0.15, 0.2) is 0 Å². The summed E-state index contributed by atoms with van der Waals surface area (Å²) in [5, 5.41) is 0. The maximum Gasteiger partial charge on any atom is 0.337 e. The Bertz CT molecular complexity index is 606. The molecule has 1 aromatic rings. The number of carbonyl (C=O) groups excluding carboxylic acids is 2. The molecule has 3 rings (SSSR count). The van der Waals surface area contributed by atoms with E-state index in [1.54, 1.807) is 6.07 Å². The van der Waals surface area contributed by atoms with Gasteiger partial charge in [-0.25, -0.2) is 4.79 Å². The summed E-state index contributed by atoms with van der Waals surface area (Å²) in [5.74, 6) is -0.0230. The van der Waals surface area contributed by atoms with Crippen LogP contribution < -0.4 is 4.90 Å². The van der Waals surface area contributed by atoms with Crippen LogP contribution >= 0.6 is 0 Å². The molecule has 0 N–H and O–H groups in total. The average Bonchev–Trinajstić information content (AvgIpc) is 2.97. The zero-order chi connectivity index (χ0) is 14.8. The summed E-state index contributed by atoms with van der Waals surface area (Å²) in [6, 6.07) is 5.44. The van der Waals surface area contributed by atoms with Crippen molar-refractivity contribution in [1.29, 1.82) is 0 Å². The first-order valence-corrected chi connectivity index (χ1v) is 7.38. The van der Waals surface area contributed by atoms with Crippen molar-refractivity contribution in [3.8, 4) is 0 Å². The number of rotatable bonds is 2. The molecule has 4 nitrogen and oxygen atoms in total. The Labute approximate surface area is 124 Å². The van der Waals surface area contributed by atoms with Crippen molar-refractivity contribution in [3.63, 3.8) is 0 Å². The molecule has 0 fully saturated rings. The number of hydrogen-bond acceptors (Lipinski definition) is 3. The highest BCUT2D eigenvalue weighted by molar-refractivity contribution is 5.98. The van der Waals surface area contributed by atoms with Crippen molar-refractivity contribution in [2.24, 2.45) is 5.92 Å². The van der Waals surface area contributed by atoms with Gasteiger partial charge in [-0.1, -0.05) is 12.2 Å². The minimum absolute atomic E-state index is 0.0984. The lowest BCUT2D eigenvalue weighted by Crippen LogP contribution is -2.35. The van der Waals surface area contributed by atoms with Crippen molar-refractivity contribution in [2.75, 3.05) is 18.6 Å². The van der Waals surface area contributed by atoms with Gasteiger partial charge >= 0.3 is 5.97 Å². The summed E-state index contributed by atoms with van der Waals surface area (Å²) >= 11 is 0. The van der Waals surface area contributed by atoms with E-state index in [2.05, 4.69) is 12.2 Å². The standard InChI is InChI=1S/C17H19NO3/c1-21-17(20)14-7-8-15-13(11-14)9-10-18(15)16(19)12-5-3-2-4-6-12/h2-3,7-8,11-12H,4-6,9-10H2,1H3. The van der Waals surface area contributed by atoms with Gasteiger partial charge in [0, 0.05) is 18.2 Å². The highest BCUT2D eigenvalue weighted by Crippen LogP contribution is 2.32. The van der Waals surface area contributed by atoms with Gasteiger partial charge in [0.2, 0.25) is 5.91 Å². The van der Waals surface area contributed by atoms with Crippen molar-refractivity contribution in [1.82, 2.24) is 0 Å². The molecule has 110 valence electrons. The van der Waals surface area contributed by atoms with Gasteiger partial charge in [0.05, 0.1) is 12.7 Å². The molecule has 1 heterocycles. The van der Waals surface area contributed by atoms with Gasteiger partial charge in [-0.15, -0.1) is 0 Å². The van der Waals surface area contributed by atoms with E-state index in [9.17, 15) is 9.59 Å². The fourth-order valence-corrected chi connectivity index (χ4v) is 3.11. The first kappa shape index (κ1) is 13.9. The maximum atomic E-state index is 12.6. The summed E-state index contributed by atoms with van der Waals surface area (Å²) < 4.78 is 4.74. The molecule has 2 aliphatic rings. The highest BCUT2D eigenvalue weighted by atomic mass is 16.5. The minimum Gasteiger partial charge on any atom is -0.465 e. The van der Waals surface area contributed by atoms with Crippen LogP contribution in [0.2, 0.25) is 0 Å². The second kappa shape index (κ2) is 5.72. The van der Waals surface area contributed by atoms with Crippen molar-refractivity contribution >= 4 is 17.6 Å². The highest BCUT2D eigenvalue weighted by Gasteiger charge is 2.30. The van der Waals surface area contributed by atoms with Crippen LogP contribution in [0.4, 0.5) is 5.69 Å². The van der Waals surface area contributed by atoms with Crippen molar-refractivity contribution in [3.05, 3.63) is 41.5 Å². The summed E-state index contributed by atoms with van der Waals surface area (Å²) in [4.78, 5) is 26.1. The third kappa shape index (κ3) is 2.58. The predicted octanol–water partition coefficient (Wildman–Crippen LogP) is 2.72. The number of methoxy groups -OCH3 is 1. The number of amides is 1. The molecule has 1 aliphatic carbocycles. The van der Waals surface area contributed by atoms with Crippen LogP contribution in [-0.2, 0) is 16.0 Å². The summed E-state index contributed by atoms with van der Waals surface area (Å²) in [6.45, 7) is 0.707. The lowest BCUT2D eigenvalue weighted by atomic mass is 9.93. The molecule has 0 aromatic heterocycles. The van der Waals surface area contributed by atoms with Crippen molar-refractivity contribution in [2.45, 2.75) is 25.7 Å². The Morgan fingerprint density at radius 3 is 2.86 bits per heavy atom. The normalized spacial score (nSPS) is 20.2. The SMILES string of the molecule is COC(=O)c1ccc2c(c1)CCN2C(=O)C1CC=CCC1. The first-order chi connectivity index (χ1) is 10.2. The zero-order valence-corrected chi connectivity index (χ0v) is 12.2. The van der Waals surface area contributed by atoms with E-state index in [0.717, 1.165) is 36.9 Å². The minimum atomic E-state index is -0.333. The Hall–Kier alpha value is -2.10. The Morgan fingerprint density at radius 1 is 1.29 bits per heavy atom. The van der Waals surface area contributed by atoms with Gasteiger partial charge in [-0.3, -0.25) is 4.79 Å². The number of hydrogen-bond donors (Lipinski definition) is 0.